The first-order chi connectivity index (χ1) is 14.0. The van der Waals surface area contributed by atoms with Gasteiger partial charge in [-0.3, -0.25) is 10.1 Å². The molecule has 0 saturated carbocycles. The summed E-state index contributed by atoms with van der Waals surface area (Å²) in [6, 6.07) is 15.2. The summed E-state index contributed by atoms with van der Waals surface area (Å²) < 4.78 is 0. The average molecular weight is 408 g/mol. The van der Waals surface area contributed by atoms with Gasteiger partial charge in [-0.05, 0) is 65.6 Å². The Hall–Kier alpha value is -3.33. The number of azo groups is 2. The SMILES string of the molecule is CCC(C)Cc1ccc(N=Nc2ccc(N=Nc3ncc([N+](=O)[O-])s3)cc2)cc1. The van der Waals surface area contributed by atoms with E-state index in [4.69, 9.17) is 0 Å². The lowest BCUT2D eigenvalue weighted by Gasteiger charge is -2.07. The number of benzene rings is 2. The molecule has 1 aromatic heterocycles. The molecule has 0 aliphatic rings. The van der Waals surface area contributed by atoms with E-state index in [1.54, 1.807) is 24.3 Å². The van der Waals surface area contributed by atoms with Crippen LogP contribution in [0.1, 0.15) is 25.8 Å². The minimum atomic E-state index is -0.504. The van der Waals surface area contributed by atoms with Crippen molar-refractivity contribution in [3.8, 4) is 0 Å². The predicted octanol–water partition coefficient (Wildman–Crippen LogP) is 7.47. The maximum Gasteiger partial charge on any atom is 0.345 e. The Morgan fingerprint density at radius 3 is 1.97 bits per heavy atom. The zero-order valence-corrected chi connectivity index (χ0v) is 16.9. The second kappa shape index (κ2) is 9.74. The standard InChI is InChI=1S/C20H20N6O2S/c1-3-14(2)12-15-4-6-16(7-5-15)22-23-17-8-10-18(11-9-17)24-25-20-21-13-19(29-20)26(27)28/h4-11,13-14H,3,12H2,1-2H3. The molecule has 148 valence electrons. The number of rotatable bonds is 8. The van der Waals surface area contributed by atoms with E-state index in [1.807, 2.05) is 12.1 Å². The largest absolute Gasteiger partial charge is 0.345 e. The summed E-state index contributed by atoms with van der Waals surface area (Å²) in [6.45, 7) is 4.45. The van der Waals surface area contributed by atoms with Gasteiger partial charge in [0.1, 0.15) is 6.20 Å². The fraction of sp³-hybridized carbons (Fsp3) is 0.250. The van der Waals surface area contributed by atoms with Crippen LogP contribution < -0.4 is 0 Å². The Morgan fingerprint density at radius 2 is 1.48 bits per heavy atom. The lowest BCUT2D eigenvalue weighted by Crippen LogP contribution is -1.96. The van der Waals surface area contributed by atoms with Gasteiger partial charge in [-0.25, -0.2) is 4.98 Å². The Bertz CT molecular complexity index is 1010. The minimum Gasteiger partial charge on any atom is -0.257 e. The fourth-order valence-electron chi connectivity index (χ4n) is 2.43. The van der Waals surface area contributed by atoms with Crippen molar-refractivity contribution in [2.24, 2.45) is 26.4 Å². The highest BCUT2D eigenvalue weighted by Crippen LogP contribution is 2.29. The summed E-state index contributed by atoms with van der Waals surface area (Å²) >= 11 is 0.870. The Kier molecular flexibility index (Phi) is 6.85. The first-order valence-corrected chi connectivity index (χ1v) is 9.98. The van der Waals surface area contributed by atoms with Crippen LogP contribution in [0.15, 0.2) is 75.2 Å². The van der Waals surface area contributed by atoms with E-state index >= 15 is 0 Å². The van der Waals surface area contributed by atoms with E-state index in [-0.39, 0.29) is 10.1 Å². The number of hydrogen-bond acceptors (Lipinski definition) is 8. The summed E-state index contributed by atoms with van der Waals surface area (Å²) in [6.07, 6.45) is 3.40. The number of hydrogen-bond donors (Lipinski definition) is 0. The van der Waals surface area contributed by atoms with Gasteiger partial charge in [0.05, 0.1) is 22.0 Å². The van der Waals surface area contributed by atoms with Crippen molar-refractivity contribution < 1.29 is 4.92 Å². The average Bonchev–Trinajstić information content (AvgIpc) is 3.22. The van der Waals surface area contributed by atoms with Gasteiger partial charge < -0.3 is 0 Å². The van der Waals surface area contributed by atoms with Crippen LogP contribution in [0, 0.1) is 16.0 Å². The van der Waals surface area contributed by atoms with Crippen molar-refractivity contribution in [3.63, 3.8) is 0 Å². The van der Waals surface area contributed by atoms with Crippen LogP contribution in [0.3, 0.4) is 0 Å². The lowest BCUT2D eigenvalue weighted by atomic mass is 9.99. The second-order valence-electron chi connectivity index (χ2n) is 6.54. The van der Waals surface area contributed by atoms with Gasteiger partial charge in [0.2, 0.25) is 5.13 Å². The van der Waals surface area contributed by atoms with Crippen LogP contribution in [0.25, 0.3) is 0 Å². The third-order valence-corrected chi connectivity index (χ3v) is 5.09. The molecular formula is C20H20N6O2S. The fourth-order valence-corrected chi connectivity index (χ4v) is 2.99. The van der Waals surface area contributed by atoms with Crippen molar-refractivity contribution >= 4 is 38.5 Å². The van der Waals surface area contributed by atoms with Gasteiger partial charge in [0, 0.05) is 0 Å². The van der Waals surface area contributed by atoms with Gasteiger partial charge in [-0.2, -0.15) is 10.2 Å². The molecule has 0 saturated heterocycles. The zero-order valence-electron chi connectivity index (χ0n) is 16.1. The molecule has 0 aliphatic heterocycles. The van der Waals surface area contributed by atoms with E-state index in [2.05, 4.69) is 51.4 Å². The molecule has 0 aliphatic carbocycles. The van der Waals surface area contributed by atoms with E-state index in [0.29, 0.717) is 17.3 Å². The molecule has 1 atom stereocenters. The molecule has 0 fully saturated rings. The molecule has 9 heteroatoms. The summed E-state index contributed by atoms with van der Waals surface area (Å²) in [5.41, 5.74) is 3.39. The number of nitrogens with zero attached hydrogens (tertiary/aromatic N) is 6. The first kappa shape index (κ1) is 20.4. The Labute approximate surface area is 172 Å². The molecule has 0 bridgehead atoms. The number of thiazole rings is 1. The number of nitro groups is 1. The molecule has 0 radical (unpaired) electrons. The third-order valence-electron chi connectivity index (χ3n) is 4.26. The van der Waals surface area contributed by atoms with E-state index in [0.717, 1.165) is 23.4 Å². The molecular weight excluding hydrogens is 388 g/mol. The van der Waals surface area contributed by atoms with Crippen LogP contribution >= 0.6 is 11.3 Å². The highest BCUT2D eigenvalue weighted by Gasteiger charge is 2.10. The molecule has 8 nitrogen and oxygen atoms in total. The van der Waals surface area contributed by atoms with E-state index in [1.165, 1.54) is 18.2 Å². The topological polar surface area (TPSA) is 105 Å². The van der Waals surface area contributed by atoms with Crippen molar-refractivity contribution in [3.05, 3.63) is 70.4 Å². The summed E-state index contributed by atoms with van der Waals surface area (Å²) in [5.74, 6) is 0.670. The van der Waals surface area contributed by atoms with Crippen molar-refractivity contribution in [2.45, 2.75) is 26.7 Å². The normalized spacial score (nSPS) is 12.6. The molecule has 0 spiro atoms. The maximum absolute atomic E-state index is 10.6. The maximum atomic E-state index is 10.6. The molecule has 0 N–H and O–H groups in total. The quantitative estimate of drug-likeness (QED) is 0.219. The highest BCUT2D eigenvalue weighted by molar-refractivity contribution is 7.18. The molecule has 1 unspecified atom stereocenters. The minimum absolute atomic E-state index is 0.0670. The first-order valence-electron chi connectivity index (χ1n) is 9.16. The van der Waals surface area contributed by atoms with Gasteiger partial charge in [0.15, 0.2) is 0 Å². The zero-order chi connectivity index (χ0) is 20.6. The lowest BCUT2D eigenvalue weighted by molar-refractivity contribution is -0.380. The summed E-state index contributed by atoms with van der Waals surface area (Å²) in [5, 5.41) is 27.2. The second-order valence-corrected chi connectivity index (χ2v) is 7.53. The molecule has 29 heavy (non-hydrogen) atoms. The van der Waals surface area contributed by atoms with Crippen LogP contribution in [-0.4, -0.2) is 9.91 Å². The summed E-state index contributed by atoms with van der Waals surface area (Å²) in [7, 11) is 0. The van der Waals surface area contributed by atoms with Crippen LogP contribution in [0.4, 0.5) is 27.2 Å². The Balaban J connectivity index is 1.59. The monoisotopic (exact) mass is 408 g/mol. The van der Waals surface area contributed by atoms with E-state index < -0.39 is 4.92 Å². The smallest absolute Gasteiger partial charge is 0.257 e. The predicted molar refractivity (Wildman–Crippen MR) is 113 cm³/mol. The van der Waals surface area contributed by atoms with Gasteiger partial charge in [-0.1, -0.05) is 32.4 Å². The van der Waals surface area contributed by atoms with Crippen molar-refractivity contribution in [1.82, 2.24) is 4.98 Å². The Morgan fingerprint density at radius 1 is 0.966 bits per heavy atom. The van der Waals surface area contributed by atoms with Crippen LogP contribution in [-0.2, 0) is 6.42 Å². The number of aromatic nitrogens is 1. The van der Waals surface area contributed by atoms with Crippen LogP contribution in [0.2, 0.25) is 0 Å². The molecule has 0 amide bonds. The highest BCUT2D eigenvalue weighted by atomic mass is 32.1. The molecule has 3 aromatic rings. The van der Waals surface area contributed by atoms with Gasteiger partial charge in [0.25, 0.3) is 0 Å². The molecule has 2 aromatic carbocycles. The third kappa shape index (κ3) is 6.08. The van der Waals surface area contributed by atoms with Crippen LogP contribution in [0.5, 0.6) is 0 Å². The van der Waals surface area contributed by atoms with Gasteiger partial charge >= 0.3 is 5.00 Å². The summed E-state index contributed by atoms with van der Waals surface area (Å²) in [4.78, 5) is 14.0. The molecule has 1 heterocycles. The van der Waals surface area contributed by atoms with Crippen molar-refractivity contribution in [2.75, 3.05) is 0 Å². The van der Waals surface area contributed by atoms with Crippen molar-refractivity contribution in [1.29, 1.82) is 0 Å². The van der Waals surface area contributed by atoms with Gasteiger partial charge in [-0.15, -0.1) is 10.2 Å². The van der Waals surface area contributed by atoms with E-state index in [9.17, 15) is 10.1 Å². The molecule has 3 rings (SSSR count).